The van der Waals surface area contributed by atoms with Gasteiger partial charge in [0, 0.05) is 18.0 Å². The van der Waals surface area contributed by atoms with Gasteiger partial charge in [0.05, 0.1) is 12.4 Å². The summed E-state index contributed by atoms with van der Waals surface area (Å²) in [6, 6.07) is 0. The first-order valence-corrected chi connectivity index (χ1v) is 4.26. The fourth-order valence-electron chi connectivity index (χ4n) is 0.815. The second kappa shape index (κ2) is 4.38. The maximum absolute atomic E-state index is 5.59. The van der Waals surface area contributed by atoms with Crippen LogP contribution in [0.1, 0.15) is 11.4 Å². The van der Waals surface area contributed by atoms with Crippen molar-refractivity contribution in [3.05, 3.63) is 23.8 Å². The first kappa shape index (κ1) is 9.42. The van der Waals surface area contributed by atoms with Crippen LogP contribution in [0.4, 0.5) is 0 Å². The Morgan fingerprint density at radius 2 is 1.92 bits per heavy atom. The molecule has 1 aromatic heterocycles. The highest BCUT2D eigenvalue weighted by Crippen LogP contribution is 2.00. The van der Waals surface area contributed by atoms with Gasteiger partial charge in [-0.25, -0.2) is 9.97 Å². The Kier molecular flexibility index (Phi) is 3.44. The standard InChI is InChI=1S/C8H12ClN3/c1-12(2)6-8-10-4-7(3-9)5-11-8/h4-5H,3,6H2,1-2H3. The van der Waals surface area contributed by atoms with E-state index in [1.54, 1.807) is 12.4 Å². The minimum Gasteiger partial charge on any atom is -0.302 e. The average Bonchev–Trinajstić information content (AvgIpc) is 2.05. The van der Waals surface area contributed by atoms with Crippen molar-refractivity contribution >= 4 is 11.6 Å². The molecule has 0 aliphatic heterocycles. The van der Waals surface area contributed by atoms with Gasteiger partial charge < -0.3 is 4.90 Å². The normalized spacial score (nSPS) is 10.7. The first-order valence-electron chi connectivity index (χ1n) is 3.73. The number of halogens is 1. The molecule has 0 amide bonds. The number of hydrogen-bond acceptors (Lipinski definition) is 3. The summed E-state index contributed by atoms with van der Waals surface area (Å²) in [5.74, 6) is 1.30. The second-order valence-electron chi connectivity index (χ2n) is 2.88. The molecule has 0 aromatic carbocycles. The molecule has 0 spiro atoms. The highest BCUT2D eigenvalue weighted by Gasteiger charge is 1.97. The van der Waals surface area contributed by atoms with Gasteiger partial charge >= 0.3 is 0 Å². The Morgan fingerprint density at radius 1 is 1.33 bits per heavy atom. The Bertz CT molecular complexity index is 233. The van der Waals surface area contributed by atoms with Gasteiger partial charge in [0.2, 0.25) is 0 Å². The maximum Gasteiger partial charge on any atom is 0.142 e. The minimum atomic E-state index is 0.474. The van der Waals surface area contributed by atoms with E-state index in [1.165, 1.54) is 0 Å². The molecule has 0 aliphatic rings. The Balaban J connectivity index is 2.65. The molecule has 0 bridgehead atoms. The molecule has 4 heteroatoms. The number of aromatic nitrogens is 2. The van der Waals surface area contributed by atoms with E-state index in [4.69, 9.17) is 11.6 Å². The van der Waals surface area contributed by atoms with Crippen LogP contribution in [0, 0.1) is 0 Å². The molecule has 1 rings (SSSR count). The van der Waals surface area contributed by atoms with Crippen molar-refractivity contribution in [1.82, 2.24) is 14.9 Å². The molecule has 0 unspecified atom stereocenters. The van der Waals surface area contributed by atoms with Crippen molar-refractivity contribution in [2.45, 2.75) is 12.4 Å². The second-order valence-corrected chi connectivity index (χ2v) is 3.15. The zero-order chi connectivity index (χ0) is 8.97. The van der Waals surface area contributed by atoms with E-state index < -0.39 is 0 Å². The molecule has 66 valence electrons. The van der Waals surface area contributed by atoms with E-state index in [2.05, 4.69) is 9.97 Å². The van der Waals surface area contributed by atoms with Crippen molar-refractivity contribution in [3.8, 4) is 0 Å². The van der Waals surface area contributed by atoms with Crippen LogP contribution in [0.3, 0.4) is 0 Å². The zero-order valence-electron chi connectivity index (χ0n) is 7.29. The third-order valence-corrected chi connectivity index (χ3v) is 1.68. The van der Waals surface area contributed by atoms with E-state index in [1.807, 2.05) is 19.0 Å². The van der Waals surface area contributed by atoms with Crippen molar-refractivity contribution in [2.75, 3.05) is 14.1 Å². The lowest BCUT2D eigenvalue weighted by Crippen LogP contribution is -2.13. The van der Waals surface area contributed by atoms with Crippen LogP contribution in [0.2, 0.25) is 0 Å². The summed E-state index contributed by atoms with van der Waals surface area (Å²) < 4.78 is 0. The summed E-state index contributed by atoms with van der Waals surface area (Å²) in [4.78, 5) is 10.3. The van der Waals surface area contributed by atoms with Gasteiger partial charge in [0.15, 0.2) is 0 Å². The molecule has 0 fully saturated rings. The highest BCUT2D eigenvalue weighted by molar-refractivity contribution is 6.17. The Morgan fingerprint density at radius 3 is 2.33 bits per heavy atom. The van der Waals surface area contributed by atoms with Gasteiger partial charge in [0.1, 0.15) is 5.82 Å². The lowest BCUT2D eigenvalue weighted by Gasteiger charge is -2.07. The SMILES string of the molecule is CN(C)Cc1ncc(CCl)cn1. The molecule has 1 aromatic rings. The topological polar surface area (TPSA) is 29.0 Å². The first-order chi connectivity index (χ1) is 5.72. The number of alkyl halides is 1. The van der Waals surface area contributed by atoms with Crippen molar-refractivity contribution in [2.24, 2.45) is 0 Å². The summed E-state index contributed by atoms with van der Waals surface area (Å²) in [7, 11) is 3.97. The van der Waals surface area contributed by atoms with E-state index in [0.717, 1.165) is 17.9 Å². The van der Waals surface area contributed by atoms with Gasteiger partial charge in [-0.05, 0) is 14.1 Å². The van der Waals surface area contributed by atoms with E-state index >= 15 is 0 Å². The molecule has 0 aliphatic carbocycles. The van der Waals surface area contributed by atoms with Crippen molar-refractivity contribution < 1.29 is 0 Å². The smallest absolute Gasteiger partial charge is 0.142 e. The zero-order valence-corrected chi connectivity index (χ0v) is 8.04. The number of rotatable bonds is 3. The quantitative estimate of drug-likeness (QED) is 0.665. The predicted octanol–water partition coefficient (Wildman–Crippen LogP) is 1.28. The fraction of sp³-hybridized carbons (Fsp3) is 0.500. The third-order valence-electron chi connectivity index (χ3n) is 1.37. The average molecular weight is 186 g/mol. The van der Waals surface area contributed by atoms with E-state index in [0.29, 0.717) is 5.88 Å². The molecule has 0 radical (unpaired) electrons. The molecular weight excluding hydrogens is 174 g/mol. The minimum absolute atomic E-state index is 0.474. The van der Waals surface area contributed by atoms with Crippen molar-refractivity contribution in [3.63, 3.8) is 0 Å². The molecule has 0 saturated heterocycles. The molecular formula is C8H12ClN3. The van der Waals surface area contributed by atoms with Crippen LogP contribution in [-0.2, 0) is 12.4 Å². The van der Waals surface area contributed by atoms with Crippen molar-refractivity contribution in [1.29, 1.82) is 0 Å². The molecule has 12 heavy (non-hydrogen) atoms. The van der Waals surface area contributed by atoms with Crippen LogP contribution in [0.25, 0.3) is 0 Å². The summed E-state index contributed by atoms with van der Waals surface area (Å²) in [5.41, 5.74) is 0.958. The lowest BCUT2D eigenvalue weighted by atomic mass is 10.4. The van der Waals surface area contributed by atoms with Gasteiger partial charge in [-0.2, -0.15) is 0 Å². The molecule has 0 saturated carbocycles. The van der Waals surface area contributed by atoms with Gasteiger partial charge in [-0.3, -0.25) is 0 Å². The molecule has 0 atom stereocenters. The van der Waals surface area contributed by atoms with E-state index in [9.17, 15) is 0 Å². The monoisotopic (exact) mass is 185 g/mol. The largest absolute Gasteiger partial charge is 0.302 e. The number of nitrogens with zero attached hydrogens (tertiary/aromatic N) is 3. The predicted molar refractivity (Wildman–Crippen MR) is 49.0 cm³/mol. The van der Waals surface area contributed by atoms with E-state index in [-0.39, 0.29) is 0 Å². The van der Waals surface area contributed by atoms with Gasteiger partial charge in [-0.1, -0.05) is 0 Å². The van der Waals surface area contributed by atoms with Crippen LogP contribution in [0.5, 0.6) is 0 Å². The van der Waals surface area contributed by atoms with Gasteiger partial charge in [0.25, 0.3) is 0 Å². The lowest BCUT2D eigenvalue weighted by molar-refractivity contribution is 0.390. The third kappa shape index (κ3) is 2.75. The highest BCUT2D eigenvalue weighted by atomic mass is 35.5. The maximum atomic E-state index is 5.59. The molecule has 1 heterocycles. The summed E-state index contributed by atoms with van der Waals surface area (Å²) in [6.07, 6.45) is 3.53. The molecule has 3 nitrogen and oxygen atoms in total. The summed E-state index contributed by atoms with van der Waals surface area (Å²) >= 11 is 5.59. The Labute approximate surface area is 77.4 Å². The number of hydrogen-bond donors (Lipinski definition) is 0. The van der Waals surface area contributed by atoms with Crippen LogP contribution < -0.4 is 0 Å². The summed E-state index contributed by atoms with van der Waals surface area (Å²) in [6.45, 7) is 0.766. The van der Waals surface area contributed by atoms with Gasteiger partial charge in [-0.15, -0.1) is 11.6 Å². The Hall–Kier alpha value is -0.670. The fourth-order valence-corrected chi connectivity index (χ4v) is 0.953. The molecule has 0 N–H and O–H groups in total. The summed E-state index contributed by atoms with van der Waals surface area (Å²) in [5, 5.41) is 0. The van der Waals surface area contributed by atoms with Crippen LogP contribution in [0.15, 0.2) is 12.4 Å². The van der Waals surface area contributed by atoms with Crippen LogP contribution in [-0.4, -0.2) is 29.0 Å². The van der Waals surface area contributed by atoms with Crippen LogP contribution >= 0.6 is 11.6 Å².